The van der Waals surface area contributed by atoms with E-state index in [0.717, 1.165) is 30.9 Å². The van der Waals surface area contributed by atoms with Gasteiger partial charge in [-0.05, 0) is 60.6 Å². The second-order valence-corrected chi connectivity index (χ2v) is 9.89. The summed E-state index contributed by atoms with van der Waals surface area (Å²) < 4.78 is 92.7. The zero-order valence-electron chi connectivity index (χ0n) is 23.3. The summed E-state index contributed by atoms with van der Waals surface area (Å²) in [5.41, 5.74) is -0.134. The van der Waals surface area contributed by atoms with E-state index in [2.05, 4.69) is 9.97 Å². The maximum absolute atomic E-state index is 15.3. The van der Waals surface area contributed by atoms with Gasteiger partial charge in [-0.2, -0.15) is 13.2 Å². The van der Waals surface area contributed by atoms with Crippen molar-refractivity contribution >= 4 is 23.0 Å². The number of hydrogen-bond donors (Lipinski definition) is 3. The molecule has 1 heterocycles. The van der Waals surface area contributed by atoms with Crippen LogP contribution >= 0.6 is 0 Å². The molecular formula is C32H23F7N2O4. The summed E-state index contributed by atoms with van der Waals surface area (Å²) in [5.74, 6) is -10.1. The normalized spacial score (nSPS) is 11.3. The Bertz CT molecular complexity index is 1840. The fourth-order valence-electron chi connectivity index (χ4n) is 4.67. The lowest BCUT2D eigenvalue weighted by molar-refractivity contribution is -0.192. The number of aromatic carboxylic acids is 1. The first-order valence-corrected chi connectivity index (χ1v) is 13.2. The van der Waals surface area contributed by atoms with Crippen LogP contribution in [0.1, 0.15) is 33.7 Å². The number of halogens is 7. The van der Waals surface area contributed by atoms with Gasteiger partial charge in [0.05, 0.1) is 22.2 Å². The summed E-state index contributed by atoms with van der Waals surface area (Å²) in [6.45, 7) is 1.58. The van der Waals surface area contributed by atoms with E-state index in [1.807, 2.05) is 30.3 Å². The average Bonchev–Trinajstić information content (AvgIpc) is 3.37. The zero-order valence-corrected chi connectivity index (χ0v) is 23.3. The van der Waals surface area contributed by atoms with E-state index in [1.54, 1.807) is 19.1 Å². The smallest absolute Gasteiger partial charge is 0.478 e. The van der Waals surface area contributed by atoms with Crippen LogP contribution in [0, 0.1) is 30.2 Å². The molecule has 45 heavy (non-hydrogen) atoms. The van der Waals surface area contributed by atoms with Crippen molar-refractivity contribution in [3.8, 4) is 22.3 Å². The second kappa shape index (κ2) is 13.2. The SMILES string of the molecule is Cc1nc2c(C(=O)O)cc(-c3c(F)c(F)c(-c4ccc(CCCc5ccccc5)cc4)c(F)c3F)cc2[nH]1.O=C(O)C(F)(F)F. The molecule has 0 saturated carbocycles. The number of carbonyl (C=O) groups is 2. The highest BCUT2D eigenvalue weighted by Gasteiger charge is 2.38. The first-order chi connectivity index (χ1) is 21.2. The highest BCUT2D eigenvalue weighted by atomic mass is 19.4. The minimum Gasteiger partial charge on any atom is -0.478 e. The van der Waals surface area contributed by atoms with E-state index in [1.165, 1.54) is 23.8 Å². The van der Waals surface area contributed by atoms with Crippen LogP contribution in [-0.4, -0.2) is 38.3 Å². The molecule has 6 nitrogen and oxygen atoms in total. The standard InChI is InChI=1S/C30H22F4N2O2.C2HF3O2/c1-16-35-22-15-20(14-21(30(37)38)29(22)36-16)24-27(33)25(31)23(26(32)28(24)34)19-12-10-18(11-13-19)9-5-8-17-6-3-2-4-7-17;3-2(4,5)1(6)7/h2-4,6-7,10-15H,5,8-9H2,1H3,(H,35,36)(H,37,38);(H,6,7). The van der Waals surface area contributed by atoms with E-state index >= 15 is 17.6 Å². The average molecular weight is 633 g/mol. The summed E-state index contributed by atoms with van der Waals surface area (Å²) in [4.78, 5) is 27.5. The van der Waals surface area contributed by atoms with Crippen LogP contribution in [0.15, 0.2) is 66.7 Å². The van der Waals surface area contributed by atoms with Gasteiger partial charge in [-0.3, -0.25) is 0 Å². The van der Waals surface area contributed by atoms with Gasteiger partial charge >= 0.3 is 18.1 Å². The van der Waals surface area contributed by atoms with E-state index < -0.39 is 52.5 Å². The number of fused-ring (bicyclic) bond motifs is 1. The van der Waals surface area contributed by atoms with Crippen LogP contribution in [0.4, 0.5) is 30.7 Å². The topological polar surface area (TPSA) is 103 Å². The van der Waals surface area contributed by atoms with E-state index in [0.29, 0.717) is 5.82 Å². The van der Waals surface area contributed by atoms with Crippen molar-refractivity contribution in [2.45, 2.75) is 32.4 Å². The molecule has 0 aliphatic heterocycles. The van der Waals surface area contributed by atoms with Gasteiger partial charge in [0.1, 0.15) is 11.3 Å². The van der Waals surface area contributed by atoms with Crippen LogP contribution < -0.4 is 0 Å². The number of aliphatic carboxylic acids is 1. The van der Waals surface area contributed by atoms with Crippen molar-refractivity contribution in [1.29, 1.82) is 0 Å². The molecule has 0 amide bonds. The van der Waals surface area contributed by atoms with Gasteiger partial charge in [0.25, 0.3) is 0 Å². The molecule has 0 bridgehead atoms. The van der Waals surface area contributed by atoms with E-state index in [4.69, 9.17) is 9.90 Å². The Morgan fingerprint density at radius 3 is 1.73 bits per heavy atom. The summed E-state index contributed by atoms with van der Waals surface area (Å²) in [6, 6.07) is 18.4. The van der Waals surface area contributed by atoms with Gasteiger partial charge in [0, 0.05) is 0 Å². The monoisotopic (exact) mass is 632 g/mol. The first kappa shape index (κ1) is 32.7. The molecule has 4 aromatic carbocycles. The van der Waals surface area contributed by atoms with Crippen LogP contribution in [0.3, 0.4) is 0 Å². The summed E-state index contributed by atoms with van der Waals surface area (Å²) in [6.07, 6.45) is -2.62. The van der Waals surface area contributed by atoms with Crippen molar-refractivity contribution in [2.75, 3.05) is 0 Å². The quantitative estimate of drug-likeness (QED) is 0.124. The minimum atomic E-state index is -5.08. The number of alkyl halides is 3. The van der Waals surface area contributed by atoms with E-state index in [-0.39, 0.29) is 27.7 Å². The number of carboxylic acids is 2. The third-order valence-electron chi connectivity index (χ3n) is 6.75. The second-order valence-electron chi connectivity index (χ2n) is 9.89. The summed E-state index contributed by atoms with van der Waals surface area (Å²) >= 11 is 0. The Kier molecular flexibility index (Phi) is 9.60. The number of H-pyrrole nitrogens is 1. The summed E-state index contributed by atoms with van der Waals surface area (Å²) in [5, 5.41) is 16.7. The lowest BCUT2D eigenvalue weighted by Gasteiger charge is -2.14. The van der Waals surface area contributed by atoms with Gasteiger partial charge in [0.2, 0.25) is 0 Å². The van der Waals surface area contributed by atoms with Crippen molar-refractivity contribution in [3.63, 3.8) is 0 Å². The molecule has 0 saturated heterocycles. The fraction of sp³-hybridized carbons (Fsp3) is 0.156. The predicted molar refractivity (Wildman–Crippen MR) is 151 cm³/mol. The molecular weight excluding hydrogens is 609 g/mol. The van der Waals surface area contributed by atoms with Gasteiger partial charge in [0.15, 0.2) is 23.3 Å². The van der Waals surface area contributed by atoms with Crippen LogP contribution in [0.2, 0.25) is 0 Å². The number of aryl methyl sites for hydroxylation is 3. The van der Waals surface area contributed by atoms with Crippen LogP contribution in [-0.2, 0) is 17.6 Å². The molecule has 0 unspecified atom stereocenters. The molecule has 0 atom stereocenters. The highest BCUT2D eigenvalue weighted by molar-refractivity contribution is 6.03. The maximum atomic E-state index is 15.3. The number of imidazole rings is 1. The van der Waals surface area contributed by atoms with Gasteiger partial charge in [-0.1, -0.05) is 54.6 Å². The maximum Gasteiger partial charge on any atom is 0.490 e. The van der Waals surface area contributed by atoms with Gasteiger partial charge in [-0.25, -0.2) is 32.1 Å². The molecule has 5 aromatic rings. The zero-order chi connectivity index (χ0) is 33.1. The number of aromatic nitrogens is 2. The molecule has 234 valence electrons. The molecule has 5 rings (SSSR count). The highest BCUT2D eigenvalue weighted by Crippen LogP contribution is 2.38. The largest absolute Gasteiger partial charge is 0.490 e. The van der Waals surface area contributed by atoms with E-state index in [9.17, 15) is 23.1 Å². The third-order valence-corrected chi connectivity index (χ3v) is 6.75. The molecule has 0 radical (unpaired) electrons. The lowest BCUT2D eigenvalue weighted by Crippen LogP contribution is -2.21. The summed E-state index contributed by atoms with van der Waals surface area (Å²) in [7, 11) is 0. The van der Waals surface area contributed by atoms with Crippen molar-refractivity contribution in [2.24, 2.45) is 0 Å². The molecule has 0 spiro atoms. The Balaban J connectivity index is 0.000000591. The van der Waals surface area contributed by atoms with Crippen LogP contribution in [0.25, 0.3) is 33.3 Å². The Morgan fingerprint density at radius 1 is 0.756 bits per heavy atom. The number of hydrogen-bond acceptors (Lipinski definition) is 3. The Morgan fingerprint density at radius 2 is 1.24 bits per heavy atom. The van der Waals surface area contributed by atoms with Crippen molar-refractivity contribution < 1.29 is 50.5 Å². The predicted octanol–water partition coefficient (Wildman–Crippen LogP) is 8.27. The van der Waals surface area contributed by atoms with Gasteiger partial charge < -0.3 is 15.2 Å². The number of carboxylic acid groups (broad SMARTS) is 2. The fourth-order valence-corrected chi connectivity index (χ4v) is 4.67. The first-order valence-electron chi connectivity index (χ1n) is 13.2. The number of aromatic amines is 1. The number of benzene rings is 4. The number of nitrogens with zero attached hydrogens (tertiary/aromatic N) is 1. The molecule has 0 aliphatic rings. The molecule has 13 heteroatoms. The minimum absolute atomic E-state index is 0.0120. The Labute approximate surface area is 250 Å². The third kappa shape index (κ3) is 7.31. The molecule has 1 aromatic heterocycles. The lowest BCUT2D eigenvalue weighted by atomic mass is 9.95. The molecule has 0 fully saturated rings. The number of nitrogens with one attached hydrogen (secondary N) is 1. The van der Waals surface area contributed by atoms with Crippen molar-refractivity contribution in [3.05, 3.63) is 113 Å². The molecule has 0 aliphatic carbocycles. The van der Waals surface area contributed by atoms with Gasteiger partial charge in [-0.15, -0.1) is 0 Å². The van der Waals surface area contributed by atoms with Crippen LogP contribution in [0.5, 0.6) is 0 Å². The Hall–Kier alpha value is -5.20. The van der Waals surface area contributed by atoms with Crippen molar-refractivity contribution in [1.82, 2.24) is 9.97 Å². The molecule has 3 N–H and O–H groups in total. The number of rotatable bonds is 7.